The fourth-order valence-corrected chi connectivity index (χ4v) is 4.39. The number of likely N-dealkylation sites (tertiary alicyclic amines) is 1. The number of carboxylic acid groups (broad SMARTS) is 1. The van der Waals surface area contributed by atoms with Crippen molar-refractivity contribution >= 4 is 12.0 Å². The molecule has 24 heavy (non-hydrogen) atoms. The van der Waals surface area contributed by atoms with Crippen LogP contribution in [0.5, 0.6) is 0 Å². The first-order chi connectivity index (χ1) is 11.0. The highest BCUT2D eigenvalue weighted by Gasteiger charge is 2.60. The summed E-state index contributed by atoms with van der Waals surface area (Å²) in [6.07, 6.45) is -3.78. The molecule has 0 spiro atoms. The molecule has 3 unspecified atom stereocenters. The molecule has 0 aromatic carbocycles. The maximum Gasteiger partial charge on any atom is 0.394 e. The van der Waals surface area contributed by atoms with Gasteiger partial charge in [-0.15, -0.1) is 0 Å². The van der Waals surface area contributed by atoms with Crippen LogP contribution in [0.25, 0.3) is 0 Å². The number of rotatable bonds is 2. The van der Waals surface area contributed by atoms with Crippen molar-refractivity contribution in [3.05, 3.63) is 0 Å². The number of urea groups is 1. The molecule has 6 nitrogen and oxygen atoms in total. The first-order valence-electron chi connectivity index (χ1n) is 8.00. The fourth-order valence-electron chi connectivity index (χ4n) is 4.39. The number of hydrogen-bond donors (Lipinski definition) is 2. The number of nitrogens with one attached hydrogen (secondary N) is 1. The number of nitrogens with zero attached hydrogens (tertiary/aromatic N) is 1. The van der Waals surface area contributed by atoms with Crippen LogP contribution in [0.4, 0.5) is 18.0 Å². The Morgan fingerprint density at radius 3 is 2.50 bits per heavy atom. The van der Waals surface area contributed by atoms with E-state index in [0.717, 1.165) is 11.3 Å². The summed E-state index contributed by atoms with van der Waals surface area (Å²) in [5.74, 6) is -5.01. The highest BCUT2D eigenvalue weighted by Crippen LogP contribution is 2.52. The predicted octanol–water partition coefficient (Wildman–Crippen LogP) is 1.70. The molecular formula is C15H21F3N2O4. The molecule has 9 heteroatoms. The van der Waals surface area contributed by atoms with Crippen LogP contribution in [0.1, 0.15) is 20.3 Å². The molecule has 5 atom stereocenters. The highest BCUT2D eigenvalue weighted by molar-refractivity contribution is 5.78. The molecule has 1 saturated carbocycles. The van der Waals surface area contributed by atoms with E-state index in [1.807, 2.05) is 13.8 Å². The van der Waals surface area contributed by atoms with Crippen LogP contribution >= 0.6 is 0 Å². The standard InChI is InChI=1S/C15H21F3N2O4/c1-14(2)10(7-3-4-24-11(7)14)19-13(23)20-5-8(12(21)22)9(6-20)15(16,17)18/h7-11H,3-6H2,1-2H3,(H,19,23)(H,21,22)/t7?,8-,9-,10?,11?/m1/s1. The van der Waals surface area contributed by atoms with Crippen LogP contribution in [0.3, 0.4) is 0 Å². The summed E-state index contributed by atoms with van der Waals surface area (Å²) >= 11 is 0. The first kappa shape index (κ1) is 17.3. The zero-order valence-corrected chi connectivity index (χ0v) is 13.5. The van der Waals surface area contributed by atoms with Crippen LogP contribution in [0.2, 0.25) is 0 Å². The molecule has 1 aliphatic carbocycles. The summed E-state index contributed by atoms with van der Waals surface area (Å²) in [4.78, 5) is 24.4. The quantitative estimate of drug-likeness (QED) is 0.795. The van der Waals surface area contributed by atoms with E-state index >= 15 is 0 Å². The molecule has 136 valence electrons. The van der Waals surface area contributed by atoms with E-state index in [2.05, 4.69) is 5.32 Å². The van der Waals surface area contributed by atoms with Gasteiger partial charge in [-0.25, -0.2) is 4.79 Å². The third-order valence-corrected chi connectivity index (χ3v) is 5.72. The van der Waals surface area contributed by atoms with E-state index in [1.54, 1.807) is 0 Å². The lowest BCUT2D eigenvalue weighted by Gasteiger charge is -2.54. The van der Waals surface area contributed by atoms with Crippen molar-refractivity contribution in [2.45, 2.75) is 38.6 Å². The average Bonchev–Trinajstić information content (AvgIpc) is 3.09. The van der Waals surface area contributed by atoms with Crippen molar-refractivity contribution in [2.24, 2.45) is 23.2 Å². The van der Waals surface area contributed by atoms with Crippen LogP contribution in [0, 0.1) is 23.2 Å². The van der Waals surface area contributed by atoms with E-state index in [0.29, 0.717) is 6.61 Å². The Labute approximate surface area is 137 Å². The largest absolute Gasteiger partial charge is 0.481 e. The number of carbonyl (C=O) groups excluding carboxylic acids is 1. The monoisotopic (exact) mass is 350 g/mol. The predicted molar refractivity (Wildman–Crippen MR) is 76.2 cm³/mol. The molecule has 0 radical (unpaired) electrons. The second-order valence-corrected chi connectivity index (χ2v) is 7.49. The van der Waals surface area contributed by atoms with Crippen molar-refractivity contribution in [2.75, 3.05) is 19.7 Å². The number of amides is 2. The molecule has 3 aliphatic rings. The maximum absolute atomic E-state index is 13.0. The van der Waals surface area contributed by atoms with Gasteiger partial charge in [0.05, 0.1) is 17.9 Å². The summed E-state index contributed by atoms with van der Waals surface area (Å²) in [6.45, 7) is 3.47. The fraction of sp³-hybridized carbons (Fsp3) is 0.867. The molecule has 2 amide bonds. The van der Waals surface area contributed by atoms with Gasteiger partial charge >= 0.3 is 18.2 Å². The van der Waals surface area contributed by atoms with Crippen LogP contribution in [-0.2, 0) is 9.53 Å². The molecule has 3 fully saturated rings. The molecule has 2 N–H and O–H groups in total. The third-order valence-electron chi connectivity index (χ3n) is 5.72. The Hall–Kier alpha value is -1.51. The molecule has 3 rings (SSSR count). The Kier molecular flexibility index (Phi) is 3.97. The number of hydrogen-bond acceptors (Lipinski definition) is 3. The molecule has 0 aromatic rings. The van der Waals surface area contributed by atoms with Crippen LogP contribution in [-0.4, -0.2) is 60.0 Å². The smallest absolute Gasteiger partial charge is 0.394 e. The van der Waals surface area contributed by atoms with Gasteiger partial charge in [-0.1, -0.05) is 13.8 Å². The Balaban J connectivity index is 1.67. The van der Waals surface area contributed by atoms with Crippen LogP contribution < -0.4 is 5.32 Å². The van der Waals surface area contributed by atoms with Crippen molar-refractivity contribution < 1.29 is 32.6 Å². The van der Waals surface area contributed by atoms with Crippen molar-refractivity contribution in [1.29, 1.82) is 0 Å². The zero-order valence-electron chi connectivity index (χ0n) is 13.5. The lowest BCUT2D eigenvalue weighted by Crippen LogP contribution is -2.67. The average molecular weight is 350 g/mol. The van der Waals surface area contributed by atoms with Gasteiger partial charge < -0.3 is 20.1 Å². The lowest BCUT2D eigenvalue weighted by molar-refractivity contribution is -0.187. The first-order valence-corrected chi connectivity index (χ1v) is 8.00. The normalized spacial score (nSPS) is 37.7. The second-order valence-electron chi connectivity index (χ2n) is 7.49. The van der Waals surface area contributed by atoms with Gasteiger partial charge in [-0.2, -0.15) is 13.2 Å². The van der Waals surface area contributed by atoms with E-state index in [9.17, 15) is 22.8 Å². The third kappa shape index (κ3) is 2.62. The maximum atomic E-state index is 13.0. The van der Waals surface area contributed by atoms with Gasteiger partial charge in [0.25, 0.3) is 0 Å². The number of ether oxygens (including phenoxy) is 1. The molecular weight excluding hydrogens is 329 g/mol. The van der Waals surface area contributed by atoms with E-state index < -0.39 is 43.1 Å². The second kappa shape index (κ2) is 5.50. The van der Waals surface area contributed by atoms with Gasteiger partial charge in [0.1, 0.15) is 0 Å². The molecule has 2 heterocycles. The van der Waals surface area contributed by atoms with E-state index in [-0.39, 0.29) is 23.5 Å². The summed E-state index contributed by atoms with van der Waals surface area (Å²) in [7, 11) is 0. The summed E-state index contributed by atoms with van der Waals surface area (Å²) in [5.41, 5.74) is -0.286. The van der Waals surface area contributed by atoms with Gasteiger partial charge in [-0.3, -0.25) is 4.79 Å². The summed E-state index contributed by atoms with van der Waals surface area (Å²) in [6, 6.07) is -0.804. The molecule has 0 aromatic heterocycles. The minimum Gasteiger partial charge on any atom is -0.481 e. The SMILES string of the molecule is CC1(C)C(NC(=O)N2C[C@@H](C(F)(F)F)[C@H](C(=O)O)C2)C2CCOC21. The number of halogens is 3. The molecule has 2 aliphatic heterocycles. The van der Waals surface area contributed by atoms with Gasteiger partial charge in [0, 0.05) is 37.1 Å². The van der Waals surface area contributed by atoms with Crippen LogP contribution in [0.15, 0.2) is 0 Å². The lowest BCUT2D eigenvalue weighted by atomic mass is 9.57. The number of alkyl halides is 3. The summed E-state index contributed by atoms with van der Waals surface area (Å²) < 4.78 is 44.6. The number of carboxylic acids is 1. The topological polar surface area (TPSA) is 78.9 Å². The molecule has 0 bridgehead atoms. The molecule has 2 saturated heterocycles. The van der Waals surface area contributed by atoms with Crippen molar-refractivity contribution in [3.63, 3.8) is 0 Å². The number of aliphatic carboxylic acids is 1. The number of carbonyl (C=O) groups is 2. The highest BCUT2D eigenvalue weighted by atomic mass is 19.4. The minimum absolute atomic E-state index is 0.0519. The van der Waals surface area contributed by atoms with E-state index in [4.69, 9.17) is 9.84 Å². The summed E-state index contributed by atoms with van der Waals surface area (Å²) in [5, 5.41) is 11.8. The van der Waals surface area contributed by atoms with Crippen molar-refractivity contribution in [3.8, 4) is 0 Å². The van der Waals surface area contributed by atoms with Gasteiger partial charge in [-0.05, 0) is 6.42 Å². The van der Waals surface area contributed by atoms with Gasteiger partial charge in [0.15, 0.2) is 0 Å². The van der Waals surface area contributed by atoms with Crippen molar-refractivity contribution in [1.82, 2.24) is 10.2 Å². The van der Waals surface area contributed by atoms with Gasteiger partial charge in [0.2, 0.25) is 0 Å². The number of fused-ring (bicyclic) bond motifs is 1. The Morgan fingerprint density at radius 2 is 1.96 bits per heavy atom. The van der Waals surface area contributed by atoms with E-state index in [1.165, 1.54) is 0 Å². The zero-order chi connectivity index (χ0) is 17.9. The minimum atomic E-state index is -4.64. The Bertz CT molecular complexity index is 551. The Morgan fingerprint density at radius 1 is 1.29 bits per heavy atom.